The lowest BCUT2D eigenvalue weighted by Crippen LogP contribution is -2.02. The molecule has 1 aromatic rings. The number of hydrogen-bond acceptors (Lipinski definition) is 3. The number of nitro groups is 1. The van der Waals surface area contributed by atoms with Gasteiger partial charge in [-0.05, 0) is 37.8 Å². The van der Waals surface area contributed by atoms with Crippen molar-refractivity contribution >= 4 is 33.2 Å². The molecular weight excluding hydrogens is 321 g/mol. The highest BCUT2D eigenvalue weighted by atomic mass is 79.9. The van der Waals surface area contributed by atoms with Gasteiger partial charge in [0.15, 0.2) is 5.75 Å². The van der Waals surface area contributed by atoms with Gasteiger partial charge in [-0.1, -0.05) is 15.9 Å². The van der Waals surface area contributed by atoms with E-state index in [1.807, 2.05) is 0 Å². The highest BCUT2D eigenvalue weighted by Gasteiger charge is 2.18. The van der Waals surface area contributed by atoms with Gasteiger partial charge in [-0.3, -0.25) is 10.1 Å². The summed E-state index contributed by atoms with van der Waals surface area (Å²) in [5, 5.41) is 10.9. The number of benzene rings is 1. The second-order valence-corrected chi connectivity index (χ2v) is 5.22. The zero-order chi connectivity index (χ0) is 13.5. The summed E-state index contributed by atoms with van der Waals surface area (Å²) in [4.78, 5) is 10.5. The number of nitrogens with zero attached hydrogens (tertiary/aromatic N) is 1. The fourth-order valence-corrected chi connectivity index (χ4v) is 2.33. The molecule has 0 N–H and O–H groups in total. The standard InChI is InChI=1S/C12H15BrClNO3/c1-9-7-10(13)8-11(15(16)17)12(9)18-6-4-2-3-5-14/h7-8H,2-6H2,1H3. The number of aryl methyl sites for hydroxylation is 1. The van der Waals surface area contributed by atoms with E-state index in [-0.39, 0.29) is 5.69 Å². The van der Waals surface area contributed by atoms with Crippen LogP contribution in [-0.4, -0.2) is 17.4 Å². The zero-order valence-electron chi connectivity index (χ0n) is 10.1. The van der Waals surface area contributed by atoms with Crippen LogP contribution in [0.25, 0.3) is 0 Å². The van der Waals surface area contributed by atoms with Crippen LogP contribution in [0.1, 0.15) is 24.8 Å². The van der Waals surface area contributed by atoms with Gasteiger partial charge in [-0.15, -0.1) is 11.6 Å². The van der Waals surface area contributed by atoms with E-state index in [0.29, 0.717) is 22.7 Å². The molecule has 0 unspecified atom stereocenters. The third-order valence-corrected chi connectivity index (χ3v) is 3.17. The fourth-order valence-electron chi connectivity index (χ4n) is 1.58. The molecule has 1 rings (SSSR count). The Morgan fingerprint density at radius 1 is 1.39 bits per heavy atom. The maximum absolute atomic E-state index is 10.9. The van der Waals surface area contributed by atoms with Crippen molar-refractivity contribution in [1.29, 1.82) is 0 Å². The van der Waals surface area contributed by atoms with Gasteiger partial charge in [0.25, 0.3) is 0 Å². The SMILES string of the molecule is Cc1cc(Br)cc([N+](=O)[O-])c1OCCCCCCl. The van der Waals surface area contributed by atoms with E-state index in [2.05, 4.69) is 15.9 Å². The Morgan fingerprint density at radius 2 is 2.11 bits per heavy atom. The monoisotopic (exact) mass is 335 g/mol. The molecule has 0 fully saturated rings. The van der Waals surface area contributed by atoms with E-state index < -0.39 is 4.92 Å². The minimum absolute atomic E-state index is 0.000724. The van der Waals surface area contributed by atoms with Crippen LogP contribution in [0.15, 0.2) is 16.6 Å². The first-order valence-electron chi connectivity index (χ1n) is 5.69. The van der Waals surface area contributed by atoms with Crippen molar-refractivity contribution in [3.05, 3.63) is 32.3 Å². The second-order valence-electron chi connectivity index (χ2n) is 3.93. The number of rotatable bonds is 7. The van der Waals surface area contributed by atoms with Crippen LogP contribution in [0.3, 0.4) is 0 Å². The van der Waals surface area contributed by atoms with Crippen LogP contribution < -0.4 is 4.74 Å². The van der Waals surface area contributed by atoms with Crippen molar-refractivity contribution in [2.45, 2.75) is 26.2 Å². The molecule has 18 heavy (non-hydrogen) atoms. The van der Waals surface area contributed by atoms with Crippen LogP contribution in [0, 0.1) is 17.0 Å². The first-order valence-corrected chi connectivity index (χ1v) is 7.02. The number of halogens is 2. The summed E-state index contributed by atoms with van der Waals surface area (Å²) in [5.74, 6) is 0.992. The first-order chi connectivity index (χ1) is 8.56. The predicted molar refractivity (Wildman–Crippen MR) is 75.6 cm³/mol. The average Bonchev–Trinajstić information content (AvgIpc) is 2.30. The molecule has 0 amide bonds. The average molecular weight is 337 g/mol. The minimum Gasteiger partial charge on any atom is -0.487 e. The molecule has 6 heteroatoms. The Kier molecular flexibility index (Phi) is 6.43. The Balaban J connectivity index is 2.71. The van der Waals surface area contributed by atoms with Gasteiger partial charge in [0.2, 0.25) is 0 Å². The number of alkyl halides is 1. The van der Waals surface area contributed by atoms with E-state index in [4.69, 9.17) is 16.3 Å². The third-order valence-electron chi connectivity index (χ3n) is 2.44. The number of ether oxygens (including phenoxy) is 1. The smallest absolute Gasteiger partial charge is 0.312 e. The van der Waals surface area contributed by atoms with Gasteiger partial charge >= 0.3 is 5.69 Å². The Labute approximate surface area is 120 Å². The van der Waals surface area contributed by atoms with Crippen molar-refractivity contribution < 1.29 is 9.66 Å². The van der Waals surface area contributed by atoms with Crippen LogP contribution >= 0.6 is 27.5 Å². The fraction of sp³-hybridized carbons (Fsp3) is 0.500. The van der Waals surface area contributed by atoms with Gasteiger partial charge in [0, 0.05) is 16.4 Å². The molecule has 0 bridgehead atoms. The van der Waals surface area contributed by atoms with E-state index in [0.717, 1.165) is 24.8 Å². The molecule has 1 aromatic carbocycles. The van der Waals surface area contributed by atoms with Crippen LogP contribution in [0.2, 0.25) is 0 Å². The van der Waals surface area contributed by atoms with Crippen LogP contribution in [-0.2, 0) is 0 Å². The maximum atomic E-state index is 10.9. The van der Waals surface area contributed by atoms with Crippen LogP contribution in [0.4, 0.5) is 5.69 Å². The number of hydrogen-bond donors (Lipinski definition) is 0. The molecule has 100 valence electrons. The van der Waals surface area contributed by atoms with Gasteiger partial charge in [0.1, 0.15) is 0 Å². The lowest BCUT2D eigenvalue weighted by atomic mass is 10.2. The minimum atomic E-state index is -0.425. The lowest BCUT2D eigenvalue weighted by Gasteiger charge is -2.09. The zero-order valence-corrected chi connectivity index (χ0v) is 12.5. The highest BCUT2D eigenvalue weighted by Crippen LogP contribution is 2.34. The topological polar surface area (TPSA) is 52.4 Å². The molecule has 0 aromatic heterocycles. The molecule has 0 saturated carbocycles. The molecule has 0 aliphatic carbocycles. The lowest BCUT2D eigenvalue weighted by molar-refractivity contribution is -0.386. The summed E-state index contributed by atoms with van der Waals surface area (Å²) in [5.41, 5.74) is 0.757. The van der Waals surface area contributed by atoms with Crippen molar-refractivity contribution in [3.63, 3.8) is 0 Å². The van der Waals surface area contributed by atoms with E-state index in [9.17, 15) is 10.1 Å². The molecular formula is C12H15BrClNO3. The van der Waals surface area contributed by atoms with Crippen molar-refractivity contribution in [2.75, 3.05) is 12.5 Å². The normalized spacial score (nSPS) is 10.4. The summed E-state index contributed by atoms with van der Waals surface area (Å²) in [7, 11) is 0. The molecule has 0 atom stereocenters. The largest absolute Gasteiger partial charge is 0.487 e. The molecule has 0 aliphatic rings. The summed E-state index contributed by atoms with van der Waals surface area (Å²) in [6, 6.07) is 3.27. The Hall–Kier alpha value is -0.810. The molecule has 0 spiro atoms. The molecule has 0 heterocycles. The van der Waals surface area contributed by atoms with Gasteiger partial charge in [-0.25, -0.2) is 0 Å². The molecule has 4 nitrogen and oxygen atoms in total. The Bertz CT molecular complexity index is 426. The van der Waals surface area contributed by atoms with Gasteiger partial charge < -0.3 is 4.74 Å². The highest BCUT2D eigenvalue weighted by molar-refractivity contribution is 9.10. The van der Waals surface area contributed by atoms with E-state index in [1.54, 1.807) is 13.0 Å². The molecule has 0 aliphatic heterocycles. The van der Waals surface area contributed by atoms with E-state index in [1.165, 1.54) is 6.07 Å². The molecule has 0 saturated heterocycles. The molecule has 0 radical (unpaired) electrons. The summed E-state index contributed by atoms with van der Waals surface area (Å²) in [6.07, 6.45) is 2.75. The summed E-state index contributed by atoms with van der Waals surface area (Å²) in [6.45, 7) is 2.27. The number of nitro benzene ring substituents is 1. The number of unbranched alkanes of at least 4 members (excludes halogenated alkanes) is 2. The summed E-state index contributed by atoms with van der Waals surface area (Å²) >= 11 is 8.81. The van der Waals surface area contributed by atoms with Crippen molar-refractivity contribution in [3.8, 4) is 5.75 Å². The quantitative estimate of drug-likeness (QED) is 0.320. The van der Waals surface area contributed by atoms with Crippen molar-refractivity contribution in [2.24, 2.45) is 0 Å². The third kappa shape index (κ3) is 4.46. The maximum Gasteiger partial charge on any atom is 0.312 e. The first kappa shape index (κ1) is 15.2. The summed E-state index contributed by atoms with van der Waals surface area (Å²) < 4.78 is 6.21. The van der Waals surface area contributed by atoms with Gasteiger partial charge in [-0.2, -0.15) is 0 Å². The Morgan fingerprint density at radius 3 is 2.72 bits per heavy atom. The second kappa shape index (κ2) is 7.59. The predicted octanol–water partition coefficient (Wildman–Crippen LogP) is 4.45. The van der Waals surface area contributed by atoms with Gasteiger partial charge in [0.05, 0.1) is 11.5 Å². The van der Waals surface area contributed by atoms with E-state index >= 15 is 0 Å². The van der Waals surface area contributed by atoms with Crippen LogP contribution in [0.5, 0.6) is 5.75 Å². The van der Waals surface area contributed by atoms with Crippen molar-refractivity contribution in [1.82, 2.24) is 0 Å².